The predicted molar refractivity (Wildman–Crippen MR) is 97.6 cm³/mol. The molecule has 24 heavy (non-hydrogen) atoms. The summed E-state index contributed by atoms with van der Waals surface area (Å²) < 4.78 is 0. The van der Waals surface area contributed by atoms with Crippen LogP contribution >= 0.6 is 0 Å². The predicted octanol–water partition coefficient (Wildman–Crippen LogP) is 3.22. The minimum Gasteiger partial charge on any atom is -0.356 e. The Hall–Kier alpha value is -1.39. The first-order valence-corrected chi connectivity index (χ1v) is 9.39. The molecule has 0 bridgehead atoms. The van der Waals surface area contributed by atoms with Gasteiger partial charge in [0, 0.05) is 25.3 Å². The summed E-state index contributed by atoms with van der Waals surface area (Å²) in [6, 6.07) is 0. The molecule has 0 atom stereocenters. The van der Waals surface area contributed by atoms with Gasteiger partial charge in [0.25, 0.3) is 0 Å². The topological polar surface area (TPSA) is 75.3 Å². The van der Waals surface area contributed by atoms with E-state index in [-0.39, 0.29) is 30.1 Å². The number of nitrogens with one attached hydrogen (secondary N) is 2. The van der Waals surface area contributed by atoms with Crippen molar-refractivity contribution in [2.45, 2.75) is 79.1 Å². The first-order chi connectivity index (χ1) is 11.3. The molecule has 5 heteroatoms. The van der Waals surface area contributed by atoms with Gasteiger partial charge in [-0.2, -0.15) is 0 Å². The lowest BCUT2D eigenvalue weighted by molar-refractivity contribution is -0.126. The van der Waals surface area contributed by atoms with Crippen LogP contribution in [0, 0.1) is 11.8 Å². The summed E-state index contributed by atoms with van der Waals surface area (Å²) >= 11 is 0. The van der Waals surface area contributed by atoms with E-state index in [0.717, 1.165) is 45.1 Å². The van der Waals surface area contributed by atoms with Crippen LogP contribution in [-0.4, -0.2) is 30.7 Å². The molecule has 0 saturated heterocycles. The highest BCUT2D eigenvalue weighted by Gasteiger charge is 2.08. The Morgan fingerprint density at radius 3 is 1.62 bits per heavy atom. The molecule has 0 saturated carbocycles. The zero-order chi connectivity index (χ0) is 18.4. The van der Waals surface area contributed by atoms with Gasteiger partial charge in [-0.3, -0.25) is 14.4 Å². The van der Waals surface area contributed by atoms with E-state index in [1.54, 1.807) is 0 Å². The van der Waals surface area contributed by atoms with E-state index in [0.29, 0.717) is 18.8 Å². The smallest absolute Gasteiger partial charge is 0.220 e. The van der Waals surface area contributed by atoms with Crippen molar-refractivity contribution in [3.05, 3.63) is 0 Å². The third-order valence-electron chi connectivity index (χ3n) is 3.87. The van der Waals surface area contributed by atoms with Crippen LogP contribution < -0.4 is 10.6 Å². The van der Waals surface area contributed by atoms with Crippen LogP contribution in [0.25, 0.3) is 0 Å². The summed E-state index contributed by atoms with van der Waals surface area (Å²) in [5, 5.41) is 5.60. The second-order valence-electron chi connectivity index (χ2n) is 7.22. The number of carbonyl (C=O) groups is 3. The van der Waals surface area contributed by atoms with E-state index in [9.17, 15) is 14.4 Å². The Morgan fingerprint density at radius 1 is 0.708 bits per heavy atom. The van der Waals surface area contributed by atoms with Gasteiger partial charge in [0.1, 0.15) is 0 Å². The van der Waals surface area contributed by atoms with Crippen molar-refractivity contribution in [1.82, 2.24) is 10.6 Å². The molecule has 0 fully saturated rings. The van der Waals surface area contributed by atoms with Crippen molar-refractivity contribution >= 4 is 17.6 Å². The van der Waals surface area contributed by atoms with Gasteiger partial charge in [0.05, 0.1) is 6.54 Å². The summed E-state index contributed by atoms with van der Waals surface area (Å²) in [7, 11) is 0. The number of hydrogen-bond donors (Lipinski definition) is 2. The lowest BCUT2D eigenvalue weighted by atomic mass is 10.1. The standard InChI is InChI=1S/C19H36N2O3/c1-15(2)13-20-18(23)11-9-7-5-6-8-10-12-19(24)21-14-17(22)16(3)4/h15-16H,5-14H2,1-4H3,(H,20,23)(H,21,24). The van der Waals surface area contributed by atoms with E-state index in [1.807, 2.05) is 13.8 Å². The molecule has 0 aliphatic carbocycles. The van der Waals surface area contributed by atoms with Gasteiger partial charge in [-0.1, -0.05) is 53.4 Å². The van der Waals surface area contributed by atoms with Crippen molar-refractivity contribution in [3.8, 4) is 0 Å². The average Bonchev–Trinajstić information content (AvgIpc) is 2.52. The van der Waals surface area contributed by atoms with Gasteiger partial charge >= 0.3 is 0 Å². The molecule has 2 N–H and O–H groups in total. The van der Waals surface area contributed by atoms with Gasteiger partial charge in [0.2, 0.25) is 11.8 Å². The molecule has 140 valence electrons. The Balaban J connectivity index is 3.40. The van der Waals surface area contributed by atoms with E-state index < -0.39 is 0 Å². The van der Waals surface area contributed by atoms with Gasteiger partial charge in [-0.25, -0.2) is 0 Å². The fourth-order valence-electron chi connectivity index (χ4n) is 2.16. The summed E-state index contributed by atoms with van der Waals surface area (Å²) in [5.74, 6) is 0.648. The second kappa shape index (κ2) is 14.0. The summed E-state index contributed by atoms with van der Waals surface area (Å²) in [5.41, 5.74) is 0. The lowest BCUT2D eigenvalue weighted by Crippen LogP contribution is -2.31. The highest BCUT2D eigenvalue weighted by Crippen LogP contribution is 2.08. The van der Waals surface area contributed by atoms with Crippen LogP contribution in [0.5, 0.6) is 0 Å². The zero-order valence-electron chi connectivity index (χ0n) is 16.0. The molecule has 0 radical (unpaired) electrons. The maximum Gasteiger partial charge on any atom is 0.220 e. The van der Waals surface area contributed by atoms with Crippen molar-refractivity contribution in [2.24, 2.45) is 11.8 Å². The number of amides is 2. The Labute approximate surface area is 147 Å². The number of Topliss-reactive ketones (excluding diaryl/α,β-unsaturated/α-hetero) is 1. The van der Waals surface area contributed by atoms with Gasteiger partial charge in [-0.05, 0) is 18.8 Å². The van der Waals surface area contributed by atoms with E-state index in [1.165, 1.54) is 0 Å². The van der Waals surface area contributed by atoms with E-state index in [2.05, 4.69) is 24.5 Å². The molecule has 0 aliphatic rings. The molecule has 0 aromatic rings. The summed E-state index contributed by atoms with van der Waals surface area (Å²) in [6.07, 6.45) is 7.16. The van der Waals surface area contributed by atoms with Crippen LogP contribution in [0.4, 0.5) is 0 Å². The number of rotatable bonds is 14. The molecule has 0 aromatic carbocycles. The van der Waals surface area contributed by atoms with E-state index in [4.69, 9.17) is 0 Å². The normalized spacial score (nSPS) is 10.9. The Morgan fingerprint density at radius 2 is 1.17 bits per heavy atom. The number of ketones is 1. The summed E-state index contributed by atoms with van der Waals surface area (Å²) in [4.78, 5) is 34.5. The van der Waals surface area contributed by atoms with Gasteiger partial charge in [0.15, 0.2) is 5.78 Å². The molecular formula is C19H36N2O3. The van der Waals surface area contributed by atoms with Crippen molar-refractivity contribution in [2.75, 3.05) is 13.1 Å². The molecule has 0 aliphatic heterocycles. The van der Waals surface area contributed by atoms with Crippen LogP contribution in [0.1, 0.15) is 79.1 Å². The van der Waals surface area contributed by atoms with Crippen LogP contribution in [0.3, 0.4) is 0 Å². The SMILES string of the molecule is CC(C)CNC(=O)CCCCCCCCC(=O)NCC(=O)C(C)C. The zero-order valence-corrected chi connectivity index (χ0v) is 16.0. The minimum absolute atomic E-state index is 0.0299. The molecule has 0 unspecified atom stereocenters. The van der Waals surface area contributed by atoms with Gasteiger partial charge < -0.3 is 10.6 Å². The van der Waals surface area contributed by atoms with Crippen LogP contribution in [0.2, 0.25) is 0 Å². The molecule has 0 heterocycles. The van der Waals surface area contributed by atoms with Crippen molar-refractivity contribution in [3.63, 3.8) is 0 Å². The monoisotopic (exact) mass is 340 g/mol. The quantitative estimate of drug-likeness (QED) is 0.477. The minimum atomic E-state index is -0.0363. The average molecular weight is 341 g/mol. The van der Waals surface area contributed by atoms with Gasteiger partial charge in [-0.15, -0.1) is 0 Å². The highest BCUT2D eigenvalue weighted by molar-refractivity contribution is 5.87. The molecular weight excluding hydrogens is 304 g/mol. The number of carbonyl (C=O) groups excluding carboxylic acids is 3. The highest BCUT2D eigenvalue weighted by atomic mass is 16.2. The maximum absolute atomic E-state index is 11.6. The maximum atomic E-state index is 11.6. The van der Waals surface area contributed by atoms with Crippen LogP contribution in [-0.2, 0) is 14.4 Å². The van der Waals surface area contributed by atoms with Crippen LogP contribution in [0.15, 0.2) is 0 Å². The Bertz CT molecular complexity index is 379. The lowest BCUT2D eigenvalue weighted by Gasteiger charge is -2.07. The van der Waals surface area contributed by atoms with Crippen molar-refractivity contribution in [1.29, 1.82) is 0 Å². The molecule has 0 spiro atoms. The third kappa shape index (κ3) is 14.2. The number of unbranched alkanes of at least 4 members (excludes halogenated alkanes) is 5. The Kier molecular flexibility index (Phi) is 13.2. The third-order valence-corrected chi connectivity index (χ3v) is 3.87. The molecule has 0 rings (SSSR count). The fourth-order valence-corrected chi connectivity index (χ4v) is 2.16. The molecule has 5 nitrogen and oxygen atoms in total. The van der Waals surface area contributed by atoms with Crippen molar-refractivity contribution < 1.29 is 14.4 Å². The van der Waals surface area contributed by atoms with E-state index >= 15 is 0 Å². The molecule has 0 aromatic heterocycles. The second-order valence-corrected chi connectivity index (χ2v) is 7.22. The largest absolute Gasteiger partial charge is 0.356 e. The fraction of sp³-hybridized carbons (Fsp3) is 0.842. The molecule has 2 amide bonds. The first-order valence-electron chi connectivity index (χ1n) is 9.39. The number of hydrogen-bond acceptors (Lipinski definition) is 3. The first kappa shape index (κ1) is 22.6. The summed E-state index contributed by atoms with van der Waals surface area (Å²) in [6.45, 7) is 8.75.